The summed E-state index contributed by atoms with van der Waals surface area (Å²) in [7, 11) is 0. The number of aryl methyl sites for hydroxylation is 2. The van der Waals surface area contributed by atoms with Crippen molar-refractivity contribution in [2.24, 2.45) is 11.3 Å². The van der Waals surface area contributed by atoms with Crippen LogP contribution in [0.15, 0.2) is 6.07 Å². The number of hydrogen-bond donors (Lipinski definition) is 1. The maximum Gasteiger partial charge on any atom is 0.311 e. The van der Waals surface area contributed by atoms with E-state index >= 15 is 0 Å². The Morgan fingerprint density at radius 3 is 2.89 bits per heavy atom. The quantitative estimate of drug-likeness (QED) is 0.879. The number of anilines is 1. The molecule has 102 valence electrons. The Bertz CT molecular complexity index is 511. The lowest BCUT2D eigenvalue weighted by Gasteiger charge is -2.23. The standard InChI is InChI=1S/C14H19N3O2/c1-9-6-12(16-10(2)15-9)17-7-11-4-3-5-14(11,8-17)13(18)19/h6,11H,3-5,7-8H2,1-2H3,(H,18,19)/t11-,14+/m0/s1. The van der Waals surface area contributed by atoms with Crippen molar-refractivity contribution in [3.63, 3.8) is 0 Å². The van der Waals surface area contributed by atoms with Gasteiger partial charge in [0.05, 0.1) is 5.41 Å². The fourth-order valence-electron chi connectivity index (χ4n) is 3.67. The molecule has 1 aliphatic carbocycles. The van der Waals surface area contributed by atoms with Crippen molar-refractivity contribution in [3.05, 3.63) is 17.6 Å². The number of carboxylic acid groups (broad SMARTS) is 1. The molecule has 5 nitrogen and oxygen atoms in total. The van der Waals surface area contributed by atoms with Crippen molar-refractivity contribution in [2.75, 3.05) is 18.0 Å². The van der Waals surface area contributed by atoms with Crippen molar-refractivity contribution < 1.29 is 9.90 Å². The third-order valence-electron chi connectivity index (χ3n) is 4.57. The highest BCUT2D eigenvalue weighted by atomic mass is 16.4. The lowest BCUT2D eigenvalue weighted by Crippen LogP contribution is -2.35. The minimum atomic E-state index is -0.639. The molecule has 2 fully saturated rings. The van der Waals surface area contributed by atoms with Crippen molar-refractivity contribution >= 4 is 11.8 Å². The number of aromatic nitrogens is 2. The average molecular weight is 261 g/mol. The molecule has 0 unspecified atom stereocenters. The summed E-state index contributed by atoms with van der Waals surface area (Å²) < 4.78 is 0. The third-order valence-corrected chi connectivity index (χ3v) is 4.57. The summed E-state index contributed by atoms with van der Waals surface area (Å²) in [4.78, 5) is 22.5. The monoisotopic (exact) mass is 261 g/mol. The molecule has 2 atom stereocenters. The second-order valence-corrected chi connectivity index (χ2v) is 5.85. The highest BCUT2D eigenvalue weighted by Gasteiger charge is 2.55. The second kappa shape index (κ2) is 4.18. The van der Waals surface area contributed by atoms with E-state index < -0.39 is 11.4 Å². The van der Waals surface area contributed by atoms with Crippen LogP contribution in [0.25, 0.3) is 0 Å². The number of fused-ring (bicyclic) bond motifs is 1. The van der Waals surface area contributed by atoms with Gasteiger partial charge in [-0.15, -0.1) is 0 Å². The molecule has 1 saturated heterocycles. The van der Waals surface area contributed by atoms with E-state index in [1.54, 1.807) is 0 Å². The van der Waals surface area contributed by atoms with Crippen LogP contribution < -0.4 is 4.90 Å². The molecule has 1 N–H and O–H groups in total. The van der Waals surface area contributed by atoms with Gasteiger partial charge < -0.3 is 10.0 Å². The zero-order valence-electron chi connectivity index (χ0n) is 11.4. The molecular formula is C14H19N3O2. The van der Waals surface area contributed by atoms with E-state index in [4.69, 9.17) is 0 Å². The predicted molar refractivity (Wildman–Crippen MR) is 71.1 cm³/mol. The Kier molecular flexibility index (Phi) is 2.73. The minimum Gasteiger partial charge on any atom is -0.481 e. The van der Waals surface area contributed by atoms with Gasteiger partial charge in [-0.1, -0.05) is 6.42 Å². The molecule has 19 heavy (non-hydrogen) atoms. The number of hydrogen-bond acceptors (Lipinski definition) is 4. The van der Waals surface area contributed by atoms with Gasteiger partial charge in [0.2, 0.25) is 0 Å². The van der Waals surface area contributed by atoms with Gasteiger partial charge in [-0.2, -0.15) is 0 Å². The zero-order valence-corrected chi connectivity index (χ0v) is 11.4. The molecule has 0 aromatic carbocycles. The Labute approximate surface area is 112 Å². The topological polar surface area (TPSA) is 66.3 Å². The van der Waals surface area contributed by atoms with Crippen LogP contribution in [-0.2, 0) is 4.79 Å². The normalized spacial score (nSPS) is 29.6. The van der Waals surface area contributed by atoms with Crippen molar-refractivity contribution in [2.45, 2.75) is 33.1 Å². The van der Waals surface area contributed by atoms with Gasteiger partial charge in [0, 0.05) is 24.8 Å². The first kappa shape index (κ1) is 12.4. The van der Waals surface area contributed by atoms with E-state index in [9.17, 15) is 9.90 Å². The number of nitrogens with zero attached hydrogens (tertiary/aromatic N) is 3. The van der Waals surface area contributed by atoms with Gasteiger partial charge in [0.15, 0.2) is 0 Å². The highest BCUT2D eigenvalue weighted by molar-refractivity contribution is 5.77. The summed E-state index contributed by atoms with van der Waals surface area (Å²) >= 11 is 0. The number of carbonyl (C=O) groups is 1. The summed E-state index contributed by atoms with van der Waals surface area (Å²) in [6.45, 7) is 5.22. The number of aliphatic carboxylic acids is 1. The fourth-order valence-corrected chi connectivity index (χ4v) is 3.67. The SMILES string of the molecule is Cc1cc(N2C[C@@H]3CCC[C@@]3(C(=O)O)C2)nc(C)n1. The van der Waals surface area contributed by atoms with E-state index in [0.29, 0.717) is 6.54 Å². The van der Waals surface area contributed by atoms with Gasteiger partial charge in [0.25, 0.3) is 0 Å². The van der Waals surface area contributed by atoms with E-state index in [0.717, 1.165) is 43.1 Å². The highest BCUT2D eigenvalue weighted by Crippen LogP contribution is 2.49. The Morgan fingerprint density at radius 1 is 1.47 bits per heavy atom. The summed E-state index contributed by atoms with van der Waals surface area (Å²) in [5, 5.41) is 9.59. The number of rotatable bonds is 2. The maximum atomic E-state index is 11.7. The molecule has 0 radical (unpaired) electrons. The lowest BCUT2D eigenvalue weighted by molar-refractivity contribution is -0.149. The molecular weight excluding hydrogens is 242 g/mol. The summed E-state index contributed by atoms with van der Waals surface area (Å²) in [6, 6.07) is 1.95. The molecule has 5 heteroatoms. The van der Waals surface area contributed by atoms with Gasteiger partial charge in [-0.25, -0.2) is 9.97 Å². The van der Waals surface area contributed by atoms with Crippen molar-refractivity contribution in [1.29, 1.82) is 0 Å². The summed E-state index contributed by atoms with van der Waals surface area (Å²) in [5.74, 6) is 1.25. The van der Waals surface area contributed by atoms with Crippen LogP contribution in [0.3, 0.4) is 0 Å². The molecule has 1 aliphatic heterocycles. The van der Waals surface area contributed by atoms with Crippen LogP contribution in [0.4, 0.5) is 5.82 Å². The summed E-state index contributed by atoms with van der Waals surface area (Å²) in [6.07, 6.45) is 2.85. The van der Waals surface area contributed by atoms with Crippen LogP contribution in [0, 0.1) is 25.2 Å². The molecule has 1 aromatic rings. The van der Waals surface area contributed by atoms with Crippen LogP contribution in [-0.4, -0.2) is 34.1 Å². The fraction of sp³-hybridized carbons (Fsp3) is 0.643. The van der Waals surface area contributed by atoms with Gasteiger partial charge in [-0.3, -0.25) is 4.79 Å². The summed E-state index contributed by atoms with van der Waals surface area (Å²) in [5.41, 5.74) is 0.385. The zero-order chi connectivity index (χ0) is 13.6. The Balaban J connectivity index is 1.91. The van der Waals surface area contributed by atoms with Crippen molar-refractivity contribution in [3.8, 4) is 0 Å². The van der Waals surface area contributed by atoms with E-state index in [1.165, 1.54) is 0 Å². The van der Waals surface area contributed by atoms with Crippen LogP contribution in [0.2, 0.25) is 0 Å². The Hall–Kier alpha value is -1.65. The molecule has 0 spiro atoms. The molecule has 0 bridgehead atoms. The molecule has 1 saturated carbocycles. The first-order chi connectivity index (χ1) is 9.01. The first-order valence-electron chi connectivity index (χ1n) is 6.82. The Morgan fingerprint density at radius 2 is 2.26 bits per heavy atom. The van der Waals surface area contributed by atoms with Gasteiger partial charge in [-0.05, 0) is 32.6 Å². The smallest absolute Gasteiger partial charge is 0.311 e. The van der Waals surface area contributed by atoms with Crippen LogP contribution in [0.5, 0.6) is 0 Å². The van der Waals surface area contributed by atoms with E-state index in [1.807, 2.05) is 19.9 Å². The number of carboxylic acids is 1. The van der Waals surface area contributed by atoms with E-state index in [2.05, 4.69) is 14.9 Å². The second-order valence-electron chi connectivity index (χ2n) is 5.85. The minimum absolute atomic E-state index is 0.264. The van der Waals surface area contributed by atoms with Gasteiger partial charge >= 0.3 is 5.97 Å². The predicted octanol–water partition coefficient (Wildman–Crippen LogP) is 1.78. The van der Waals surface area contributed by atoms with Crippen LogP contribution >= 0.6 is 0 Å². The van der Waals surface area contributed by atoms with E-state index in [-0.39, 0.29) is 5.92 Å². The van der Waals surface area contributed by atoms with Crippen LogP contribution in [0.1, 0.15) is 30.8 Å². The third kappa shape index (κ3) is 1.88. The maximum absolute atomic E-state index is 11.7. The molecule has 0 amide bonds. The molecule has 2 aliphatic rings. The largest absolute Gasteiger partial charge is 0.481 e. The average Bonchev–Trinajstić information content (AvgIpc) is 2.83. The van der Waals surface area contributed by atoms with Gasteiger partial charge in [0.1, 0.15) is 11.6 Å². The first-order valence-corrected chi connectivity index (χ1v) is 6.82. The lowest BCUT2D eigenvalue weighted by atomic mass is 9.81. The molecule has 1 aromatic heterocycles. The molecule has 3 rings (SSSR count). The molecule has 2 heterocycles. The van der Waals surface area contributed by atoms with Crippen molar-refractivity contribution in [1.82, 2.24) is 9.97 Å².